The highest BCUT2D eigenvalue weighted by atomic mass is 32.1. The lowest BCUT2D eigenvalue weighted by molar-refractivity contribution is 0.0241. The molecule has 1 saturated heterocycles. The minimum Gasteiger partial charge on any atom is -0.492 e. The third-order valence-corrected chi connectivity index (χ3v) is 5.96. The molecule has 1 aliphatic heterocycles. The summed E-state index contributed by atoms with van der Waals surface area (Å²) in [6.45, 7) is 9.32. The van der Waals surface area contributed by atoms with Crippen molar-refractivity contribution in [3.63, 3.8) is 0 Å². The highest BCUT2D eigenvalue weighted by Gasteiger charge is 2.30. The first kappa shape index (κ1) is 17.5. The van der Waals surface area contributed by atoms with Gasteiger partial charge in [0, 0.05) is 13.1 Å². The van der Waals surface area contributed by atoms with Gasteiger partial charge in [0.25, 0.3) is 0 Å². The Morgan fingerprint density at radius 3 is 2.38 bits per heavy atom. The lowest BCUT2D eigenvalue weighted by atomic mass is 9.97. The molecule has 0 radical (unpaired) electrons. The van der Waals surface area contributed by atoms with Crippen LogP contribution in [0.25, 0.3) is 4.96 Å². The van der Waals surface area contributed by atoms with E-state index in [9.17, 15) is 5.11 Å². The van der Waals surface area contributed by atoms with E-state index in [0.717, 1.165) is 22.9 Å². The van der Waals surface area contributed by atoms with Crippen LogP contribution in [0.4, 0.5) is 0 Å². The van der Waals surface area contributed by atoms with E-state index in [1.807, 2.05) is 6.92 Å². The molecule has 1 unspecified atom stereocenters. The Labute approximate surface area is 157 Å². The second-order valence-electron chi connectivity index (χ2n) is 7.02. The smallest absolute Gasteiger partial charge is 0.230 e. The summed E-state index contributed by atoms with van der Waals surface area (Å²) >= 11 is 1.51. The van der Waals surface area contributed by atoms with Gasteiger partial charge in [0.2, 0.25) is 10.8 Å². The van der Waals surface area contributed by atoms with E-state index in [1.165, 1.54) is 22.5 Å². The van der Waals surface area contributed by atoms with E-state index < -0.39 is 0 Å². The van der Waals surface area contributed by atoms with Crippen LogP contribution in [0.2, 0.25) is 0 Å². The number of aromatic hydroxyl groups is 1. The second kappa shape index (κ2) is 6.98. The zero-order valence-electron chi connectivity index (χ0n) is 15.3. The Kier molecular flexibility index (Phi) is 4.69. The van der Waals surface area contributed by atoms with Gasteiger partial charge in [-0.15, -0.1) is 5.10 Å². The van der Waals surface area contributed by atoms with Crippen molar-refractivity contribution in [2.24, 2.45) is 0 Å². The van der Waals surface area contributed by atoms with Crippen molar-refractivity contribution in [2.75, 3.05) is 26.3 Å². The van der Waals surface area contributed by atoms with Crippen molar-refractivity contribution in [3.05, 3.63) is 46.1 Å². The molecule has 3 heterocycles. The molecule has 1 aliphatic rings. The Bertz CT molecular complexity index is 894. The number of thiazole rings is 1. The predicted molar refractivity (Wildman–Crippen MR) is 102 cm³/mol. The van der Waals surface area contributed by atoms with Crippen LogP contribution in [0, 0.1) is 6.92 Å². The molecule has 6 nitrogen and oxygen atoms in total. The fourth-order valence-corrected chi connectivity index (χ4v) is 4.62. The Morgan fingerprint density at radius 2 is 1.77 bits per heavy atom. The van der Waals surface area contributed by atoms with Gasteiger partial charge in [-0.2, -0.15) is 4.52 Å². The molecular weight excluding hydrogens is 348 g/mol. The molecule has 7 heteroatoms. The van der Waals surface area contributed by atoms with Crippen molar-refractivity contribution < 1.29 is 9.84 Å². The lowest BCUT2D eigenvalue weighted by Crippen LogP contribution is -2.39. The molecule has 2 aromatic heterocycles. The largest absolute Gasteiger partial charge is 0.492 e. The van der Waals surface area contributed by atoms with Gasteiger partial charge in [-0.3, -0.25) is 4.90 Å². The first-order valence-corrected chi connectivity index (χ1v) is 9.83. The molecule has 26 heavy (non-hydrogen) atoms. The van der Waals surface area contributed by atoms with Crippen LogP contribution in [0.5, 0.6) is 5.88 Å². The summed E-state index contributed by atoms with van der Waals surface area (Å²) in [5.74, 6) is 1.36. The number of hydrogen-bond acceptors (Lipinski definition) is 6. The second-order valence-corrected chi connectivity index (χ2v) is 8.02. The molecular formula is C19H24N4O2S. The number of aromatic nitrogens is 3. The lowest BCUT2D eigenvalue weighted by Gasteiger charge is -2.34. The number of aryl methyl sites for hydroxylation is 1. The van der Waals surface area contributed by atoms with Crippen molar-refractivity contribution in [2.45, 2.75) is 32.7 Å². The first-order valence-electron chi connectivity index (χ1n) is 9.01. The number of morpholine rings is 1. The molecule has 0 saturated carbocycles. The maximum Gasteiger partial charge on any atom is 0.230 e. The SMILES string of the molecule is Cc1nc2sc(C(c3ccc(C(C)C)cc3)N3CCOCC3)c(O)n2n1. The minimum absolute atomic E-state index is 0.0195. The molecule has 1 aromatic carbocycles. The molecule has 0 bridgehead atoms. The average Bonchev–Trinajstić information content (AvgIpc) is 3.14. The number of hydrogen-bond donors (Lipinski definition) is 1. The first-order chi connectivity index (χ1) is 12.5. The fourth-order valence-electron chi connectivity index (χ4n) is 3.45. The molecule has 4 rings (SSSR count). The summed E-state index contributed by atoms with van der Waals surface area (Å²) in [5.41, 5.74) is 2.49. The van der Waals surface area contributed by atoms with Gasteiger partial charge >= 0.3 is 0 Å². The van der Waals surface area contributed by atoms with Gasteiger partial charge in [0.05, 0.1) is 24.1 Å². The number of rotatable bonds is 4. The summed E-state index contributed by atoms with van der Waals surface area (Å²) in [6.07, 6.45) is 0. The van der Waals surface area contributed by atoms with Crippen LogP contribution >= 0.6 is 11.3 Å². The van der Waals surface area contributed by atoms with Gasteiger partial charge in [-0.25, -0.2) is 4.98 Å². The standard InChI is InChI=1S/C19H24N4O2S/c1-12(2)14-4-6-15(7-5-14)16(22-8-10-25-11-9-22)17-18(24)23-19(26-17)20-13(3)21-23/h4-7,12,16,24H,8-11H2,1-3H3. The van der Waals surface area contributed by atoms with Crippen LogP contribution < -0.4 is 0 Å². The van der Waals surface area contributed by atoms with E-state index in [1.54, 1.807) is 4.52 Å². The van der Waals surface area contributed by atoms with E-state index in [0.29, 0.717) is 25.0 Å². The zero-order chi connectivity index (χ0) is 18.3. The Hall–Kier alpha value is -1.96. The number of nitrogens with zero attached hydrogens (tertiary/aromatic N) is 4. The summed E-state index contributed by atoms with van der Waals surface area (Å²) in [7, 11) is 0. The monoisotopic (exact) mass is 372 g/mol. The highest BCUT2D eigenvalue weighted by molar-refractivity contribution is 7.17. The average molecular weight is 372 g/mol. The van der Waals surface area contributed by atoms with Crippen molar-refractivity contribution in [1.82, 2.24) is 19.5 Å². The summed E-state index contributed by atoms with van der Waals surface area (Å²) in [4.78, 5) is 8.40. The Balaban J connectivity index is 1.78. The van der Waals surface area contributed by atoms with Crippen LogP contribution in [0.1, 0.15) is 47.6 Å². The zero-order valence-corrected chi connectivity index (χ0v) is 16.2. The van der Waals surface area contributed by atoms with Gasteiger partial charge < -0.3 is 9.84 Å². The van der Waals surface area contributed by atoms with Gasteiger partial charge in [-0.05, 0) is 24.0 Å². The third kappa shape index (κ3) is 3.11. The maximum atomic E-state index is 10.8. The summed E-state index contributed by atoms with van der Waals surface area (Å²) in [6, 6.07) is 8.71. The molecule has 1 fully saturated rings. The van der Waals surface area contributed by atoms with Gasteiger partial charge in [0.15, 0.2) is 0 Å². The van der Waals surface area contributed by atoms with Crippen molar-refractivity contribution in [1.29, 1.82) is 0 Å². The van der Waals surface area contributed by atoms with Gasteiger partial charge in [0.1, 0.15) is 5.82 Å². The number of fused-ring (bicyclic) bond motifs is 1. The topological polar surface area (TPSA) is 62.9 Å². The number of benzene rings is 1. The van der Waals surface area contributed by atoms with Crippen LogP contribution in [0.3, 0.4) is 0 Å². The molecule has 3 aromatic rings. The predicted octanol–water partition coefficient (Wildman–Crippen LogP) is 3.35. The molecule has 1 N–H and O–H groups in total. The van der Waals surface area contributed by atoms with E-state index in [4.69, 9.17) is 4.74 Å². The fraction of sp³-hybridized carbons (Fsp3) is 0.474. The molecule has 1 atom stereocenters. The van der Waals surface area contributed by atoms with Crippen molar-refractivity contribution in [3.8, 4) is 5.88 Å². The Morgan fingerprint density at radius 1 is 1.12 bits per heavy atom. The summed E-state index contributed by atoms with van der Waals surface area (Å²) < 4.78 is 7.08. The maximum absolute atomic E-state index is 10.8. The minimum atomic E-state index is -0.0195. The van der Waals surface area contributed by atoms with E-state index in [-0.39, 0.29) is 11.9 Å². The molecule has 138 valence electrons. The van der Waals surface area contributed by atoms with Crippen molar-refractivity contribution >= 4 is 16.3 Å². The normalized spacial score (nSPS) is 17.2. The molecule has 0 aliphatic carbocycles. The third-order valence-electron chi connectivity index (χ3n) is 4.88. The van der Waals surface area contributed by atoms with E-state index in [2.05, 4.69) is 53.1 Å². The molecule has 0 amide bonds. The quantitative estimate of drug-likeness (QED) is 0.761. The van der Waals surface area contributed by atoms with Gasteiger partial charge in [-0.1, -0.05) is 49.4 Å². The van der Waals surface area contributed by atoms with E-state index >= 15 is 0 Å². The number of ether oxygens (including phenoxy) is 1. The molecule has 0 spiro atoms. The highest BCUT2D eigenvalue weighted by Crippen LogP contribution is 2.40. The van der Waals surface area contributed by atoms with Crippen LogP contribution in [-0.2, 0) is 4.74 Å². The van der Waals surface area contributed by atoms with Crippen LogP contribution in [0.15, 0.2) is 24.3 Å². The van der Waals surface area contributed by atoms with Crippen LogP contribution in [-0.4, -0.2) is 50.9 Å². The summed E-state index contributed by atoms with van der Waals surface area (Å²) in [5, 5.41) is 15.1.